The first-order valence-electron chi connectivity index (χ1n) is 9.57. The minimum atomic E-state index is 0.167. The third-order valence-corrected chi connectivity index (χ3v) is 5.27. The highest BCUT2D eigenvalue weighted by atomic mass is 79.9. The van der Waals surface area contributed by atoms with Crippen molar-refractivity contribution in [1.29, 1.82) is 0 Å². The molecule has 2 aromatic heterocycles. The van der Waals surface area contributed by atoms with E-state index in [-0.39, 0.29) is 6.61 Å². The van der Waals surface area contributed by atoms with E-state index in [0.717, 1.165) is 47.3 Å². The number of rotatable bonds is 6. The van der Waals surface area contributed by atoms with Crippen molar-refractivity contribution in [3.05, 3.63) is 64.6 Å². The van der Waals surface area contributed by atoms with E-state index in [1.165, 1.54) is 6.42 Å². The van der Waals surface area contributed by atoms with E-state index in [4.69, 9.17) is 15.0 Å². The van der Waals surface area contributed by atoms with E-state index in [2.05, 4.69) is 36.0 Å². The number of piperidine rings is 1. The summed E-state index contributed by atoms with van der Waals surface area (Å²) in [6, 6.07) is 11.5. The van der Waals surface area contributed by atoms with E-state index < -0.39 is 0 Å². The number of hydrogen-bond donors (Lipinski definition) is 1. The fraction of sp³-hybridized carbons (Fsp3) is 0.286. The highest BCUT2D eigenvalue weighted by Gasteiger charge is 2.17. The Morgan fingerprint density at radius 1 is 1.17 bits per heavy atom. The zero-order chi connectivity index (χ0) is 20.1. The summed E-state index contributed by atoms with van der Waals surface area (Å²) < 4.78 is 6.53. The summed E-state index contributed by atoms with van der Waals surface area (Å²) in [5, 5.41) is 4.08. The lowest BCUT2D eigenvalue weighted by Crippen LogP contribution is -2.32. The molecule has 3 heterocycles. The first kappa shape index (κ1) is 19.4. The fourth-order valence-corrected chi connectivity index (χ4v) is 3.53. The summed E-state index contributed by atoms with van der Waals surface area (Å²) >= 11 is 3.42. The number of aromatic nitrogens is 2. The molecule has 2 N–H and O–H groups in total. The van der Waals surface area contributed by atoms with Crippen LogP contribution in [0.25, 0.3) is 11.5 Å². The molecule has 1 aliphatic rings. The second-order valence-electron chi connectivity index (χ2n) is 6.82. The molecule has 3 aromatic rings. The molecule has 8 heteroatoms. The molecule has 0 spiro atoms. The summed E-state index contributed by atoms with van der Waals surface area (Å²) in [5.74, 6) is 1.69. The largest absolute Gasteiger partial charge is 0.444 e. The second kappa shape index (κ2) is 9.09. The Kier molecular flexibility index (Phi) is 6.09. The molecule has 1 saturated heterocycles. The van der Waals surface area contributed by atoms with Crippen LogP contribution in [0.2, 0.25) is 0 Å². The number of oxazole rings is 1. The van der Waals surface area contributed by atoms with Gasteiger partial charge in [-0.2, -0.15) is 0 Å². The molecule has 1 aliphatic heterocycles. The fourth-order valence-electron chi connectivity index (χ4n) is 3.27. The van der Waals surface area contributed by atoms with Crippen LogP contribution in [0, 0.1) is 0 Å². The smallest absolute Gasteiger partial charge is 0.226 e. The molecule has 0 saturated carbocycles. The summed E-state index contributed by atoms with van der Waals surface area (Å²) in [6.07, 6.45) is 6.92. The lowest BCUT2D eigenvalue weighted by atomic mass is 10.1. The van der Waals surface area contributed by atoms with Crippen molar-refractivity contribution in [2.75, 3.05) is 18.0 Å². The van der Waals surface area contributed by atoms with Gasteiger partial charge in [-0.1, -0.05) is 21.1 Å². The van der Waals surface area contributed by atoms with Crippen LogP contribution in [0.15, 0.2) is 62.9 Å². The first-order valence-corrected chi connectivity index (χ1v) is 10.4. The molecule has 29 heavy (non-hydrogen) atoms. The number of hydrogen-bond acceptors (Lipinski definition) is 6. The minimum Gasteiger partial charge on any atom is -0.444 e. The van der Waals surface area contributed by atoms with Crippen LogP contribution in [0.1, 0.15) is 30.5 Å². The zero-order valence-corrected chi connectivity index (χ0v) is 17.5. The molecule has 7 nitrogen and oxygen atoms in total. The normalized spacial score (nSPS) is 14.8. The highest BCUT2D eigenvalue weighted by Crippen LogP contribution is 2.23. The zero-order valence-electron chi connectivity index (χ0n) is 15.9. The van der Waals surface area contributed by atoms with Crippen molar-refractivity contribution in [2.45, 2.75) is 25.9 Å². The average molecular weight is 456 g/mol. The van der Waals surface area contributed by atoms with Gasteiger partial charge >= 0.3 is 0 Å². The first-order chi connectivity index (χ1) is 14.2. The second-order valence-corrected chi connectivity index (χ2v) is 7.74. The molecule has 0 radical (unpaired) electrons. The summed E-state index contributed by atoms with van der Waals surface area (Å²) in [7, 11) is 0. The van der Waals surface area contributed by atoms with E-state index in [1.54, 1.807) is 12.5 Å². The van der Waals surface area contributed by atoms with Crippen LogP contribution in [0.5, 0.6) is 0 Å². The number of oxime groups is 1. The minimum absolute atomic E-state index is 0.167. The van der Waals surface area contributed by atoms with Gasteiger partial charge in [0.25, 0.3) is 0 Å². The van der Waals surface area contributed by atoms with Crippen LogP contribution < -0.4 is 10.6 Å². The molecule has 0 aliphatic carbocycles. The van der Waals surface area contributed by atoms with Gasteiger partial charge in [0.05, 0.1) is 5.56 Å². The summed E-state index contributed by atoms with van der Waals surface area (Å²) in [5.41, 5.74) is 8.50. The third-order valence-electron chi connectivity index (χ3n) is 4.74. The topological polar surface area (TPSA) is 89.8 Å². The van der Waals surface area contributed by atoms with Crippen molar-refractivity contribution in [2.24, 2.45) is 10.9 Å². The Balaban J connectivity index is 1.42. The van der Waals surface area contributed by atoms with E-state index in [1.807, 2.05) is 36.4 Å². The number of benzene rings is 1. The van der Waals surface area contributed by atoms with E-state index in [0.29, 0.717) is 17.4 Å². The molecular formula is C21H22BrN5O2. The monoisotopic (exact) mass is 455 g/mol. The van der Waals surface area contributed by atoms with Crippen molar-refractivity contribution in [1.82, 2.24) is 9.97 Å². The van der Waals surface area contributed by atoms with E-state index >= 15 is 0 Å². The van der Waals surface area contributed by atoms with Gasteiger partial charge in [-0.25, -0.2) is 9.97 Å². The molecule has 0 bridgehead atoms. The Morgan fingerprint density at radius 2 is 1.97 bits per heavy atom. The average Bonchev–Trinajstić information content (AvgIpc) is 3.24. The molecule has 1 aromatic carbocycles. The Bertz CT molecular complexity index is 981. The van der Waals surface area contributed by atoms with Gasteiger partial charge in [0, 0.05) is 29.3 Å². The quantitative estimate of drug-likeness (QED) is 0.338. The number of amidine groups is 1. The Labute approximate surface area is 177 Å². The van der Waals surface area contributed by atoms with E-state index in [9.17, 15) is 0 Å². The van der Waals surface area contributed by atoms with Crippen molar-refractivity contribution in [3.8, 4) is 11.5 Å². The van der Waals surface area contributed by atoms with Crippen LogP contribution in [0.4, 0.5) is 5.82 Å². The molecule has 1 fully saturated rings. The standard InChI is InChI=1S/C21H22BrN5O2/c22-16-8-6-15(7-9-16)21-25-17(13-28-21)14-29-26-19(23)18-5-4-10-24-20(18)27-11-2-1-3-12-27/h4-10,13H,1-3,11-12,14H2,(H2,23,26). The summed E-state index contributed by atoms with van der Waals surface area (Å²) in [4.78, 5) is 16.6. The lowest BCUT2D eigenvalue weighted by Gasteiger charge is -2.29. The van der Waals surface area contributed by atoms with Gasteiger partial charge in [0.15, 0.2) is 12.4 Å². The van der Waals surface area contributed by atoms with Gasteiger partial charge in [-0.15, -0.1) is 0 Å². The van der Waals surface area contributed by atoms with Crippen molar-refractivity contribution < 1.29 is 9.25 Å². The highest BCUT2D eigenvalue weighted by molar-refractivity contribution is 9.10. The maximum Gasteiger partial charge on any atom is 0.226 e. The lowest BCUT2D eigenvalue weighted by molar-refractivity contribution is 0.127. The molecule has 0 unspecified atom stereocenters. The number of pyridine rings is 1. The summed E-state index contributed by atoms with van der Waals surface area (Å²) in [6.45, 7) is 2.13. The van der Waals surface area contributed by atoms with Gasteiger partial charge < -0.3 is 19.9 Å². The Hall–Kier alpha value is -2.87. The SMILES string of the molecule is N/C(=N/OCc1coc(-c2ccc(Br)cc2)n1)c1cccnc1N1CCCCC1. The number of halogens is 1. The number of nitrogens with zero attached hydrogens (tertiary/aromatic N) is 4. The van der Waals surface area contributed by atoms with Crippen molar-refractivity contribution in [3.63, 3.8) is 0 Å². The van der Waals surface area contributed by atoms with Gasteiger partial charge in [0.2, 0.25) is 5.89 Å². The number of nitrogens with two attached hydrogens (primary N) is 1. The van der Waals surface area contributed by atoms with Crippen molar-refractivity contribution >= 4 is 27.6 Å². The van der Waals surface area contributed by atoms with Crippen LogP contribution >= 0.6 is 15.9 Å². The maximum atomic E-state index is 6.19. The predicted molar refractivity (Wildman–Crippen MR) is 115 cm³/mol. The van der Waals surface area contributed by atoms with Gasteiger partial charge in [-0.05, 0) is 55.7 Å². The molecule has 0 atom stereocenters. The van der Waals surface area contributed by atoms with Crippen LogP contribution in [0.3, 0.4) is 0 Å². The van der Waals surface area contributed by atoms with Crippen LogP contribution in [-0.2, 0) is 11.4 Å². The molecule has 150 valence electrons. The third kappa shape index (κ3) is 4.76. The predicted octanol–water partition coefficient (Wildman–Crippen LogP) is 4.33. The molecule has 4 rings (SSSR count). The van der Waals surface area contributed by atoms with Gasteiger partial charge in [0.1, 0.15) is 17.8 Å². The molecular weight excluding hydrogens is 434 g/mol. The van der Waals surface area contributed by atoms with Crippen LogP contribution in [-0.4, -0.2) is 28.9 Å². The maximum absolute atomic E-state index is 6.19. The van der Waals surface area contributed by atoms with Gasteiger partial charge in [-0.3, -0.25) is 0 Å². The number of anilines is 1. The Morgan fingerprint density at radius 3 is 2.76 bits per heavy atom. The molecule has 0 amide bonds.